The van der Waals surface area contributed by atoms with Crippen LogP contribution < -0.4 is 5.32 Å². The first-order valence-electron chi connectivity index (χ1n) is 6.79. The van der Waals surface area contributed by atoms with E-state index in [1.54, 1.807) is 11.3 Å². The predicted octanol–water partition coefficient (Wildman–Crippen LogP) is 2.22. The monoisotopic (exact) mass is 269 g/mol. The van der Waals surface area contributed by atoms with Gasteiger partial charge in [0.2, 0.25) is 0 Å². The smallest absolute Gasteiger partial charge is 0.122 e. The Kier molecular flexibility index (Phi) is 5.09. The molecule has 1 fully saturated rings. The Morgan fingerprint density at radius 2 is 2.28 bits per heavy atom. The van der Waals surface area contributed by atoms with E-state index in [4.69, 9.17) is 4.74 Å². The van der Waals surface area contributed by atoms with Crippen molar-refractivity contribution in [2.75, 3.05) is 19.7 Å². The summed E-state index contributed by atoms with van der Waals surface area (Å²) in [6.07, 6.45) is 2.43. The maximum absolute atomic E-state index is 5.58. The van der Waals surface area contributed by atoms with Crippen molar-refractivity contribution < 1.29 is 4.74 Å². The van der Waals surface area contributed by atoms with Crippen molar-refractivity contribution in [1.82, 2.24) is 15.5 Å². The summed E-state index contributed by atoms with van der Waals surface area (Å²) in [6, 6.07) is 0. The highest BCUT2D eigenvalue weighted by Gasteiger charge is 2.26. The number of ether oxygens (including phenoxy) is 1. The first kappa shape index (κ1) is 13.9. The zero-order valence-corrected chi connectivity index (χ0v) is 12.3. The summed E-state index contributed by atoms with van der Waals surface area (Å²) in [4.78, 5) is 0. The van der Waals surface area contributed by atoms with Gasteiger partial charge in [0.25, 0.3) is 0 Å². The second kappa shape index (κ2) is 6.59. The molecule has 1 saturated heterocycles. The maximum atomic E-state index is 5.58. The van der Waals surface area contributed by atoms with E-state index in [9.17, 15) is 0 Å². The second-order valence-corrected chi connectivity index (χ2v) is 6.55. The molecule has 5 heteroatoms. The van der Waals surface area contributed by atoms with Crippen LogP contribution in [0.5, 0.6) is 0 Å². The first-order valence-corrected chi connectivity index (χ1v) is 7.61. The van der Waals surface area contributed by atoms with Crippen LogP contribution >= 0.6 is 11.3 Å². The summed E-state index contributed by atoms with van der Waals surface area (Å²) in [5.74, 6) is 1.17. The van der Waals surface area contributed by atoms with Gasteiger partial charge in [-0.1, -0.05) is 13.8 Å². The molecule has 1 aliphatic rings. The van der Waals surface area contributed by atoms with Gasteiger partial charge >= 0.3 is 0 Å². The highest BCUT2D eigenvalue weighted by atomic mass is 32.1. The molecule has 102 valence electrons. The number of aromatic nitrogens is 2. The Labute approximate surface area is 113 Å². The van der Waals surface area contributed by atoms with E-state index in [0.717, 1.165) is 42.6 Å². The molecule has 18 heavy (non-hydrogen) atoms. The zero-order valence-electron chi connectivity index (χ0n) is 11.5. The van der Waals surface area contributed by atoms with Crippen LogP contribution in [0, 0.1) is 5.92 Å². The van der Waals surface area contributed by atoms with Crippen LogP contribution in [0.3, 0.4) is 0 Å². The maximum Gasteiger partial charge on any atom is 0.122 e. The quantitative estimate of drug-likeness (QED) is 0.804. The van der Waals surface area contributed by atoms with Crippen LogP contribution in [0.15, 0.2) is 0 Å². The predicted molar refractivity (Wildman–Crippen MR) is 74.1 cm³/mol. The van der Waals surface area contributed by atoms with Crippen molar-refractivity contribution in [2.45, 2.75) is 45.6 Å². The third kappa shape index (κ3) is 4.00. The van der Waals surface area contributed by atoms with E-state index in [-0.39, 0.29) is 0 Å². The summed E-state index contributed by atoms with van der Waals surface area (Å²) in [6.45, 7) is 9.43. The van der Waals surface area contributed by atoms with Gasteiger partial charge in [0.1, 0.15) is 10.0 Å². The van der Waals surface area contributed by atoms with Crippen LogP contribution in [0.25, 0.3) is 0 Å². The third-order valence-electron chi connectivity index (χ3n) is 3.10. The third-order valence-corrected chi connectivity index (χ3v) is 4.24. The summed E-state index contributed by atoms with van der Waals surface area (Å²) >= 11 is 1.75. The lowest BCUT2D eigenvalue weighted by Gasteiger charge is -2.05. The standard InChI is InChI=1S/C13H23N3OS/c1-9(2)7-14-5-4-12-15-16-13(18-12)11-6-10(3)17-8-11/h9-11,14H,4-8H2,1-3H3. The van der Waals surface area contributed by atoms with Crippen molar-refractivity contribution in [3.8, 4) is 0 Å². The zero-order chi connectivity index (χ0) is 13.0. The van der Waals surface area contributed by atoms with E-state index in [0.29, 0.717) is 17.9 Å². The number of rotatable bonds is 6. The molecule has 0 radical (unpaired) electrons. The molecule has 1 aromatic rings. The topological polar surface area (TPSA) is 47.0 Å². The molecular formula is C13H23N3OS. The van der Waals surface area contributed by atoms with Gasteiger partial charge in [-0.15, -0.1) is 21.5 Å². The van der Waals surface area contributed by atoms with Crippen molar-refractivity contribution in [2.24, 2.45) is 5.92 Å². The molecule has 2 rings (SSSR count). The number of hydrogen-bond donors (Lipinski definition) is 1. The van der Waals surface area contributed by atoms with Crippen LogP contribution in [-0.2, 0) is 11.2 Å². The molecular weight excluding hydrogens is 246 g/mol. The van der Waals surface area contributed by atoms with E-state index in [1.165, 1.54) is 0 Å². The van der Waals surface area contributed by atoms with E-state index < -0.39 is 0 Å². The Balaban J connectivity index is 1.76. The summed E-state index contributed by atoms with van der Waals surface area (Å²) in [5.41, 5.74) is 0. The fourth-order valence-corrected chi connectivity index (χ4v) is 3.05. The molecule has 0 saturated carbocycles. The van der Waals surface area contributed by atoms with Crippen LogP contribution in [-0.4, -0.2) is 36.0 Å². The second-order valence-electron chi connectivity index (χ2n) is 5.46. The molecule has 0 aliphatic carbocycles. The Hall–Kier alpha value is -0.520. The molecule has 2 atom stereocenters. The first-order chi connectivity index (χ1) is 8.65. The largest absolute Gasteiger partial charge is 0.378 e. The van der Waals surface area contributed by atoms with Crippen molar-refractivity contribution >= 4 is 11.3 Å². The van der Waals surface area contributed by atoms with Crippen molar-refractivity contribution in [3.05, 3.63) is 10.0 Å². The van der Waals surface area contributed by atoms with Gasteiger partial charge < -0.3 is 10.1 Å². The molecule has 0 amide bonds. The average molecular weight is 269 g/mol. The Morgan fingerprint density at radius 1 is 1.44 bits per heavy atom. The van der Waals surface area contributed by atoms with Crippen LogP contribution in [0.4, 0.5) is 0 Å². The van der Waals surface area contributed by atoms with Gasteiger partial charge in [-0.05, 0) is 25.8 Å². The molecule has 2 unspecified atom stereocenters. The lowest BCUT2D eigenvalue weighted by molar-refractivity contribution is 0.123. The van der Waals surface area contributed by atoms with E-state index >= 15 is 0 Å². The van der Waals surface area contributed by atoms with E-state index in [2.05, 4.69) is 36.3 Å². The summed E-state index contributed by atoms with van der Waals surface area (Å²) in [5, 5.41) is 14.3. The number of nitrogens with one attached hydrogen (secondary N) is 1. The summed E-state index contributed by atoms with van der Waals surface area (Å²) < 4.78 is 5.58. The Morgan fingerprint density at radius 3 is 2.94 bits per heavy atom. The highest BCUT2D eigenvalue weighted by Crippen LogP contribution is 2.30. The molecule has 1 aromatic heterocycles. The fourth-order valence-electron chi connectivity index (χ4n) is 2.11. The minimum atomic E-state index is 0.370. The molecule has 1 N–H and O–H groups in total. The lowest BCUT2D eigenvalue weighted by atomic mass is 10.1. The van der Waals surface area contributed by atoms with Crippen LogP contribution in [0.2, 0.25) is 0 Å². The van der Waals surface area contributed by atoms with Crippen molar-refractivity contribution in [3.63, 3.8) is 0 Å². The number of hydrogen-bond acceptors (Lipinski definition) is 5. The molecule has 1 aliphatic heterocycles. The molecule has 4 nitrogen and oxygen atoms in total. The minimum Gasteiger partial charge on any atom is -0.378 e. The lowest BCUT2D eigenvalue weighted by Crippen LogP contribution is -2.22. The summed E-state index contributed by atoms with van der Waals surface area (Å²) in [7, 11) is 0. The minimum absolute atomic E-state index is 0.370. The average Bonchev–Trinajstić information content (AvgIpc) is 2.93. The number of nitrogens with zero attached hydrogens (tertiary/aromatic N) is 2. The fraction of sp³-hybridized carbons (Fsp3) is 0.846. The van der Waals surface area contributed by atoms with Gasteiger partial charge in [-0.25, -0.2) is 0 Å². The SMILES string of the molecule is CC(C)CNCCc1nnc(C2COC(C)C2)s1. The van der Waals surface area contributed by atoms with Crippen LogP contribution in [0.1, 0.15) is 43.1 Å². The van der Waals surface area contributed by atoms with Crippen molar-refractivity contribution in [1.29, 1.82) is 0 Å². The normalized spacial score (nSPS) is 24.0. The van der Waals surface area contributed by atoms with Gasteiger partial charge in [-0.2, -0.15) is 0 Å². The van der Waals surface area contributed by atoms with Gasteiger partial charge in [0.05, 0.1) is 12.7 Å². The Bertz CT molecular complexity index is 367. The highest BCUT2D eigenvalue weighted by molar-refractivity contribution is 7.11. The van der Waals surface area contributed by atoms with E-state index in [1.807, 2.05) is 0 Å². The van der Waals surface area contributed by atoms with Gasteiger partial charge in [0.15, 0.2) is 0 Å². The van der Waals surface area contributed by atoms with Gasteiger partial charge in [0, 0.05) is 18.9 Å². The molecule has 0 spiro atoms. The van der Waals surface area contributed by atoms with Gasteiger partial charge in [-0.3, -0.25) is 0 Å². The molecule has 0 aromatic carbocycles. The molecule has 0 bridgehead atoms. The molecule has 2 heterocycles.